The van der Waals surface area contributed by atoms with Gasteiger partial charge < -0.3 is 19.7 Å². The van der Waals surface area contributed by atoms with Crippen molar-refractivity contribution in [2.24, 2.45) is 0 Å². The van der Waals surface area contributed by atoms with Crippen molar-refractivity contribution >= 4 is 27.5 Å². The predicted octanol–water partition coefficient (Wildman–Crippen LogP) is 4.73. The maximum absolute atomic E-state index is 14.3. The van der Waals surface area contributed by atoms with E-state index in [0.29, 0.717) is 11.3 Å². The van der Waals surface area contributed by atoms with Gasteiger partial charge in [-0.05, 0) is 54.4 Å². The van der Waals surface area contributed by atoms with Crippen molar-refractivity contribution in [3.63, 3.8) is 0 Å². The molecule has 4 aromatic carbocycles. The first-order chi connectivity index (χ1) is 21.6. The Hall–Kier alpha value is -4.90. The van der Waals surface area contributed by atoms with Gasteiger partial charge in [0.1, 0.15) is 18.4 Å². The van der Waals surface area contributed by atoms with Gasteiger partial charge in [-0.25, -0.2) is 12.8 Å². The van der Waals surface area contributed by atoms with Crippen molar-refractivity contribution in [1.29, 1.82) is 0 Å². The van der Waals surface area contributed by atoms with Crippen LogP contribution in [0.25, 0.3) is 0 Å². The third kappa shape index (κ3) is 7.98. The fourth-order valence-electron chi connectivity index (χ4n) is 4.85. The summed E-state index contributed by atoms with van der Waals surface area (Å²) < 4.78 is 53.8. The number of carbonyl (C=O) groups is 2. The normalized spacial score (nSPS) is 11.8. The molecule has 0 bridgehead atoms. The fraction of sp³-hybridized carbons (Fsp3) is 0.235. The van der Waals surface area contributed by atoms with E-state index in [1.807, 2.05) is 37.3 Å². The SMILES string of the molecule is CNC(=O)C(Cc1ccccc1)N(Cc1ccc(F)cc1)C(=O)CN(c1ccc(C)cc1)S(=O)(=O)c1ccc(OC)c(OC)c1. The van der Waals surface area contributed by atoms with Crippen LogP contribution in [0.15, 0.2) is 102 Å². The summed E-state index contributed by atoms with van der Waals surface area (Å²) in [4.78, 5) is 28.9. The minimum atomic E-state index is -4.34. The smallest absolute Gasteiger partial charge is 0.264 e. The van der Waals surface area contributed by atoms with Crippen molar-refractivity contribution in [2.45, 2.75) is 30.8 Å². The number of hydrogen-bond acceptors (Lipinski definition) is 6. The molecule has 11 heteroatoms. The number of nitrogens with one attached hydrogen (secondary N) is 1. The van der Waals surface area contributed by atoms with Gasteiger partial charge in [0.05, 0.1) is 24.8 Å². The molecule has 9 nitrogen and oxygen atoms in total. The zero-order valence-corrected chi connectivity index (χ0v) is 26.4. The van der Waals surface area contributed by atoms with E-state index in [2.05, 4.69) is 5.32 Å². The van der Waals surface area contributed by atoms with Crippen LogP contribution in [0.4, 0.5) is 10.1 Å². The Kier molecular flexibility index (Phi) is 10.8. The highest BCUT2D eigenvalue weighted by molar-refractivity contribution is 7.92. The van der Waals surface area contributed by atoms with Crippen LogP contribution in [0.2, 0.25) is 0 Å². The van der Waals surface area contributed by atoms with Crippen molar-refractivity contribution < 1.29 is 31.9 Å². The molecule has 0 radical (unpaired) electrons. The van der Waals surface area contributed by atoms with E-state index >= 15 is 0 Å². The van der Waals surface area contributed by atoms with Crippen LogP contribution in [0, 0.1) is 12.7 Å². The Bertz CT molecular complexity index is 1720. The fourth-order valence-corrected chi connectivity index (χ4v) is 6.28. The number of methoxy groups -OCH3 is 2. The number of amides is 2. The molecule has 1 atom stereocenters. The number of likely N-dealkylation sites (N-methyl/N-ethyl adjacent to an activating group) is 1. The molecule has 0 heterocycles. The zero-order valence-electron chi connectivity index (χ0n) is 25.6. The Labute approximate surface area is 263 Å². The Balaban J connectivity index is 1.80. The summed E-state index contributed by atoms with van der Waals surface area (Å²) in [5.41, 5.74) is 2.52. The molecular weight excluding hydrogens is 597 g/mol. The van der Waals surface area contributed by atoms with E-state index in [0.717, 1.165) is 15.4 Å². The number of nitrogens with zero attached hydrogens (tertiary/aromatic N) is 2. The standard InChI is InChI=1S/C34H36FN3O6S/c1-24-10-16-28(17-11-24)38(45(41,42)29-18-19-31(43-3)32(21-29)44-4)23-33(39)37(22-26-12-14-27(35)15-13-26)30(34(40)36-2)20-25-8-6-5-7-9-25/h5-19,21,30H,20,22-23H2,1-4H3,(H,36,40). The maximum atomic E-state index is 14.3. The molecule has 2 amide bonds. The van der Waals surface area contributed by atoms with Crippen LogP contribution in [0.3, 0.4) is 0 Å². The number of rotatable bonds is 13. The molecule has 0 aliphatic heterocycles. The lowest BCUT2D eigenvalue weighted by molar-refractivity contribution is -0.139. The second-order valence-electron chi connectivity index (χ2n) is 10.3. The number of anilines is 1. The number of carbonyl (C=O) groups excluding carboxylic acids is 2. The molecule has 45 heavy (non-hydrogen) atoms. The van der Waals surface area contributed by atoms with Gasteiger partial charge in [-0.1, -0.05) is 60.2 Å². The number of ether oxygens (including phenoxy) is 2. The molecule has 236 valence electrons. The van der Waals surface area contributed by atoms with E-state index in [4.69, 9.17) is 9.47 Å². The number of benzene rings is 4. The summed E-state index contributed by atoms with van der Waals surface area (Å²) in [5.74, 6) is -0.966. The molecule has 0 saturated carbocycles. The highest BCUT2D eigenvalue weighted by atomic mass is 32.2. The summed E-state index contributed by atoms with van der Waals surface area (Å²) in [7, 11) is -0.0295. The van der Waals surface area contributed by atoms with Gasteiger partial charge in [0.25, 0.3) is 10.0 Å². The van der Waals surface area contributed by atoms with Gasteiger partial charge in [0.2, 0.25) is 11.8 Å². The summed E-state index contributed by atoms with van der Waals surface area (Å²) in [5, 5.41) is 2.64. The second-order valence-corrected chi connectivity index (χ2v) is 12.2. The van der Waals surface area contributed by atoms with Gasteiger partial charge in [0, 0.05) is 26.1 Å². The van der Waals surface area contributed by atoms with E-state index in [9.17, 15) is 22.4 Å². The summed E-state index contributed by atoms with van der Waals surface area (Å²) >= 11 is 0. The van der Waals surface area contributed by atoms with Crippen LogP contribution < -0.4 is 19.1 Å². The first-order valence-corrected chi connectivity index (χ1v) is 15.6. The third-order valence-electron chi connectivity index (χ3n) is 7.33. The monoisotopic (exact) mass is 633 g/mol. The lowest BCUT2D eigenvalue weighted by Gasteiger charge is -2.33. The topological polar surface area (TPSA) is 105 Å². The summed E-state index contributed by atoms with van der Waals surface area (Å²) in [6.07, 6.45) is 0.167. The van der Waals surface area contributed by atoms with E-state index in [-0.39, 0.29) is 29.3 Å². The molecule has 4 aromatic rings. The number of aryl methyl sites for hydroxylation is 1. The summed E-state index contributed by atoms with van der Waals surface area (Å²) in [6.45, 7) is 1.18. The molecule has 0 aromatic heterocycles. The van der Waals surface area contributed by atoms with Gasteiger partial charge in [-0.15, -0.1) is 0 Å². The van der Waals surface area contributed by atoms with Crippen molar-refractivity contribution in [3.8, 4) is 11.5 Å². The lowest BCUT2D eigenvalue weighted by Crippen LogP contribution is -2.53. The quantitative estimate of drug-likeness (QED) is 0.228. The molecule has 4 rings (SSSR count). The molecule has 0 aliphatic carbocycles. The number of sulfonamides is 1. The van der Waals surface area contributed by atoms with Gasteiger partial charge in [-0.2, -0.15) is 0 Å². The molecule has 0 saturated heterocycles. The Morgan fingerprint density at radius 1 is 0.844 bits per heavy atom. The van der Waals surface area contributed by atoms with E-state index in [1.165, 1.54) is 68.6 Å². The minimum absolute atomic E-state index is 0.0673. The average Bonchev–Trinajstić information content (AvgIpc) is 3.06. The van der Waals surface area contributed by atoms with Gasteiger partial charge in [-0.3, -0.25) is 13.9 Å². The van der Waals surface area contributed by atoms with Crippen molar-refractivity contribution in [2.75, 3.05) is 32.1 Å². The van der Waals surface area contributed by atoms with Crippen LogP contribution >= 0.6 is 0 Å². The first kappa shape index (κ1) is 33.0. The minimum Gasteiger partial charge on any atom is -0.493 e. The Morgan fingerprint density at radius 3 is 2.09 bits per heavy atom. The van der Waals surface area contributed by atoms with Crippen molar-refractivity contribution in [1.82, 2.24) is 10.2 Å². The van der Waals surface area contributed by atoms with Gasteiger partial charge in [0.15, 0.2) is 11.5 Å². The van der Waals surface area contributed by atoms with Crippen LogP contribution in [0.5, 0.6) is 11.5 Å². The molecule has 1 N–H and O–H groups in total. The van der Waals surface area contributed by atoms with Crippen LogP contribution in [-0.4, -0.2) is 59.0 Å². The maximum Gasteiger partial charge on any atom is 0.264 e. The predicted molar refractivity (Wildman–Crippen MR) is 170 cm³/mol. The molecular formula is C34H36FN3O6S. The van der Waals surface area contributed by atoms with Crippen molar-refractivity contribution in [3.05, 3.63) is 120 Å². The number of halogens is 1. The third-order valence-corrected chi connectivity index (χ3v) is 9.10. The van der Waals surface area contributed by atoms with Crippen LogP contribution in [-0.2, 0) is 32.6 Å². The lowest BCUT2D eigenvalue weighted by atomic mass is 10.0. The molecule has 0 fully saturated rings. The van der Waals surface area contributed by atoms with E-state index in [1.54, 1.807) is 24.3 Å². The zero-order chi connectivity index (χ0) is 32.6. The number of hydrogen-bond donors (Lipinski definition) is 1. The molecule has 0 spiro atoms. The molecule has 0 aliphatic rings. The second kappa shape index (κ2) is 14.7. The first-order valence-electron chi connectivity index (χ1n) is 14.2. The highest BCUT2D eigenvalue weighted by Crippen LogP contribution is 2.32. The Morgan fingerprint density at radius 2 is 1.49 bits per heavy atom. The van der Waals surface area contributed by atoms with Crippen LogP contribution in [0.1, 0.15) is 16.7 Å². The molecule has 1 unspecified atom stereocenters. The largest absolute Gasteiger partial charge is 0.493 e. The average molecular weight is 634 g/mol. The highest BCUT2D eigenvalue weighted by Gasteiger charge is 2.34. The van der Waals surface area contributed by atoms with E-state index < -0.39 is 40.2 Å². The van der Waals surface area contributed by atoms with Gasteiger partial charge >= 0.3 is 0 Å². The summed E-state index contributed by atoms with van der Waals surface area (Å²) in [6, 6.07) is 24.7.